The molecule has 0 unspecified atom stereocenters. The SMILES string of the molecule is CC1(C)OC(=O)Nc2ccc(Cl)nc21. The van der Waals surface area contributed by atoms with E-state index >= 15 is 0 Å². The fraction of sp³-hybridized carbons (Fsp3) is 0.333. The highest BCUT2D eigenvalue weighted by Crippen LogP contribution is 2.34. The van der Waals surface area contributed by atoms with Crippen molar-refractivity contribution in [1.82, 2.24) is 4.98 Å². The van der Waals surface area contributed by atoms with E-state index in [1.54, 1.807) is 26.0 Å². The van der Waals surface area contributed by atoms with Gasteiger partial charge in [-0.2, -0.15) is 0 Å². The highest BCUT2D eigenvalue weighted by Gasteiger charge is 2.34. The van der Waals surface area contributed by atoms with Gasteiger partial charge in [0.1, 0.15) is 10.8 Å². The van der Waals surface area contributed by atoms with Gasteiger partial charge in [0, 0.05) is 0 Å². The van der Waals surface area contributed by atoms with Crippen LogP contribution in [0.2, 0.25) is 5.15 Å². The summed E-state index contributed by atoms with van der Waals surface area (Å²) in [4.78, 5) is 15.3. The number of pyridine rings is 1. The summed E-state index contributed by atoms with van der Waals surface area (Å²) in [5, 5.41) is 2.95. The van der Waals surface area contributed by atoms with Gasteiger partial charge in [-0.15, -0.1) is 0 Å². The molecule has 5 heteroatoms. The van der Waals surface area contributed by atoms with Crippen molar-refractivity contribution in [3.05, 3.63) is 23.0 Å². The Morgan fingerprint density at radius 3 is 2.93 bits per heavy atom. The summed E-state index contributed by atoms with van der Waals surface area (Å²) >= 11 is 5.76. The van der Waals surface area contributed by atoms with Crippen molar-refractivity contribution < 1.29 is 9.53 Å². The van der Waals surface area contributed by atoms with Crippen molar-refractivity contribution in [2.45, 2.75) is 19.4 Å². The molecule has 74 valence electrons. The summed E-state index contributed by atoms with van der Waals surface area (Å²) in [6.07, 6.45) is -0.466. The van der Waals surface area contributed by atoms with Gasteiger partial charge in [0.15, 0.2) is 5.60 Å². The highest BCUT2D eigenvalue weighted by molar-refractivity contribution is 6.29. The van der Waals surface area contributed by atoms with E-state index in [0.717, 1.165) is 0 Å². The Hall–Kier alpha value is -1.29. The zero-order chi connectivity index (χ0) is 10.3. The van der Waals surface area contributed by atoms with Crippen LogP contribution in [-0.4, -0.2) is 11.1 Å². The van der Waals surface area contributed by atoms with Gasteiger partial charge < -0.3 is 4.74 Å². The smallest absolute Gasteiger partial charge is 0.412 e. The van der Waals surface area contributed by atoms with Crippen LogP contribution in [0.4, 0.5) is 10.5 Å². The van der Waals surface area contributed by atoms with Crippen molar-refractivity contribution in [3.8, 4) is 0 Å². The lowest BCUT2D eigenvalue weighted by atomic mass is 10.0. The van der Waals surface area contributed by atoms with Crippen LogP contribution >= 0.6 is 11.6 Å². The lowest BCUT2D eigenvalue weighted by molar-refractivity contribution is 0.0386. The maximum atomic E-state index is 11.1. The Kier molecular flexibility index (Phi) is 1.89. The summed E-state index contributed by atoms with van der Waals surface area (Å²) in [5.41, 5.74) is 0.558. The van der Waals surface area contributed by atoms with Crippen LogP contribution in [0.3, 0.4) is 0 Å². The number of cyclic esters (lactones) is 1. The van der Waals surface area contributed by atoms with Crippen LogP contribution in [0.1, 0.15) is 19.5 Å². The third kappa shape index (κ3) is 1.42. The second-order valence-corrected chi connectivity index (χ2v) is 3.94. The maximum absolute atomic E-state index is 11.1. The average molecular weight is 213 g/mol. The minimum atomic E-state index is -0.734. The number of nitrogens with zero attached hydrogens (tertiary/aromatic N) is 1. The lowest BCUT2D eigenvalue weighted by Crippen LogP contribution is -2.35. The number of ether oxygens (including phenoxy) is 1. The molecule has 2 rings (SSSR count). The van der Waals surface area contributed by atoms with Crippen molar-refractivity contribution in [3.63, 3.8) is 0 Å². The molecule has 0 bridgehead atoms. The van der Waals surface area contributed by atoms with Gasteiger partial charge in [-0.05, 0) is 26.0 Å². The summed E-state index contributed by atoms with van der Waals surface area (Å²) in [5.74, 6) is 0. The lowest BCUT2D eigenvalue weighted by Gasteiger charge is -2.31. The first kappa shape index (κ1) is 9.27. The quantitative estimate of drug-likeness (QED) is 0.673. The molecule has 1 aliphatic heterocycles. The Labute approximate surface area is 86.2 Å². The molecule has 0 fully saturated rings. The number of carbonyl (C=O) groups is 1. The Bertz CT molecular complexity index is 404. The van der Waals surface area contributed by atoms with E-state index in [2.05, 4.69) is 10.3 Å². The van der Waals surface area contributed by atoms with Crippen LogP contribution in [0, 0.1) is 0 Å². The van der Waals surface area contributed by atoms with Crippen LogP contribution in [-0.2, 0) is 10.3 Å². The number of hydrogen-bond donors (Lipinski definition) is 1. The van der Waals surface area contributed by atoms with Crippen molar-refractivity contribution in [2.24, 2.45) is 0 Å². The minimum absolute atomic E-state index is 0.386. The Morgan fingerprint density at radius 2 is 2.21 bits per heavy atom. The number of carbonyl (C=O) groups excluding carboxylic acids is 1. The maximum Gasteiger partial charge on any atom is 0.412 e. The van der Waals surface area contributed by atoms with Gasteiger partial charge in [-0.1, -0.05) is 11.6 Å². The molecule has 0 saturated carbocycles. The van der Waals surface area contributed by atoms with Crippen molar-refractivity contribution >= 4 is 23.4 Å². The van der Waals surface area contributed by atoms with E-state index in [1.165, 1.54) is 0 Å². The number of anilines is 1. The molecule has 4 nitrogen and oxygen atoms in total. The molecule has 0 saturated heterocycles. The molecular formula is C9H9ClN2O2. The van der Waals surface area contributed by atoms with Crippen molar-refractivity contribution in [2.75, 3.05) is 5.32 Å². The van der Waals surface area contributed by atoms with Gasteiger partial charge in [0.2, 0.25) is 0 Å². The molecule has 1 N–H and O–H groups in total. The second-order valence-electron chi connectivity index (χ2n) is 3.55. The third-order valence-electron chi connectivity index (χ3n) is 2.02. The first-order chi connectivity index (χ1) is 6.49. The standard InChI is InChI=1S/C9H9ClN2O2/c1-9(2)7-5(11-8(13)14-9)3-4-6(10)12-7/h3-4H,1-2H3,(H,11,13). The fourth-order valence-electron chi connectivity index (χ4n) is 1.41. The largest absolute Gasteiger partial charge is 0.437 e. The molecule has 1 amide bonds. The number of hydrogen-bond acceptors (Lipinski definition) is 3. The summed E-state index contributed by atoms with van der Waals surface area (Å²) in [6.45, 7) is 3.54. The number of rotatable bonds is 0. The number of amides is 1. The van der Waals surface area contributed by atoms with E-state index in [4.69, 9.17) is 16.3 Å². The predicted octanol–water partition coefficient (Wildman–Crippen LogP) is 2.53. The number of halogens is 1. The topological polar surface area (TPSA) is 51.2 Å². The number of fused-ring (bicyclic) bond motifs is 1. The van der Waals surface area contributed by atoms with Crippen LogP contribution in [0.5, 0.6) is 0 Å². The summed E-state index contributed by atoms with van der Waals surface area (Å²) < 4.78 is 5.08. The minimum Gasteiger partial charge on any atom is -0.437 e. The van der Waals surface area contributed by atoms with Crippen LogP contribution in [0.15, 0.2) is 12.1 Å². The van der Waals surface area contributed by atoms with Gasteiger partial charge in [-0.3, -0.25) is 5.32 Å². The fourth-order valence-corrected chi connectivity index (χ4v) is 1.56. The van der Waals surface area contributed by atoms with Crippen LogP contribution in [0.25, 0.3) is 0 Å². The summed E-state index contributed by atoms with van der Waals surface area (Å²) in [6, 6.07) is 3.34. The zero-order valence-corrected chi connectivity index (χ0v) is 8.55. The van der Waals surface area contributed by atoms with E-state index in [1.807, 2.05) is 0 Å². The van der Waals surface area contributed by atoms with Gasteiger partial charge in [-0.25, -0.2) is 9.78 Å². The molecule has 14 heavy (non-hydrogen) atoms. The molecule has 0 aromatic carbocycles. The highest BCUT2D eigenvalue weighted by atomic mass is 35.5. The number of aromatic nitrogens is 1. The van der Waals surface area contributed by atoms with Gasteiger partial charge in [0.05, 0.1) is 5.69 Å². The monoisotopic (exact) mass is 212 g/mol. The molecule has 0 spiro atoms. The van der Waals surface area contributed by atoms with E-state index in [-0.39, 0.29) is 0 Å². The molecule has 1 aliphatic rings. The van der Waals surface area contributed by atoms with Gasteiger partial charge in [0.25, 0.3) is 0 Å². The van der Waals surface area contributed by atoms with Crippen molar-refractivity contribution in [1.29, 1.82) is 0 Å². The number of nitrogens with one attached hydrogen (secondary N) is 1. The molecule has 0 aliphatic carbocycles. The second kappa shape index (κ2) is 2.85. The Balaban J connectivity index is 2.58. The molecule has 0 atom stereocenters. The summed E-state index contributed by atoms with van der Waals surface area (Å²) in [7, 11) is 0. The molecule has 1 aromatic rings. The van der Waals surface area contributed by atoms with Crippen LogP contribution < -0.4 is 5.32 Å². The molecule has 0 radical (unpaired) electrons. The van der Waals surface area contributed by atoms with E-state index in [9.17, 15) is 4.79 Å². The van der Waals surface area contributed by atoms with Gasteiger partial charge >= 0.3 is 6.09 Å². The molecule has 1 aromatic heterocycles. The predicted molar refractivity (Wildman–Crippen MR) is 52.4 cm³/mol. The molecule has 2 heterocycles. The Morgan fingerprint density at radius 1 is 1.50 bits per heavy atom. The zero-order valence-electron chi connectivity index (χ0n) is 7.80. The molecular weight excluding hydrogens is 204 g/mol. The normalized spacial score (nSPS) is 18.1. The van der Waals surface area contributed by atoms with E-state index in [0.29, 0.717) is 16.5 Å². The first-order valence-corrected chi connectivity index (χ1v) is 4.54. The average Bonchev–Trinajstić information content (AvgIpc) is 2.05. The van der Waals surface area contributed by atoms with E-state index < -0.39 is 11.7 Å². The third-order valence-corrected chi connectivity index (χ3v) is 2.23. The first-order valence-electron chi connectivity index (χ1n) is 4.16.